The second-order valence-corrected chi connectivity index (χ2v) is 7.38. The molecule has 1 aromatic rings. The number of ether oxygens (including phenoxy) is 1. The summed E-state index contributed by atoms with van der Waals surface area (Å²) in [5.74, 6) is 0.652. The van der Waals surface area contributed by atoms with Crippen molar-refractivity contribution < 1.29 is 17.9 Å². The molecule has 1 saturated heterocycles. The van der Waals surface area contributed by atoms with Crippen molar-refractivity contribution in [1.82, 2.24) is 15.5 Å². The highest BCUT2D eigenvalue weighted by atomic mass is 127. The summed E-state index contributed by atoms with van der Waals surface area (Å²) in [5, 5.41) is 8.38. The third-order valence-corrected chi connectivity index (χ3v) is 5.28. The maximum atomic E-state index is 12.2. The quantitative estimate of drug-likeness (QED) is 0.218. The maximum absolute atomic E-state index is 12.2. The van der Waals surface area contributed by atoms with Crippen LogP contribution in [0.15, 0.2) is 22.5 Å². The molecular formula is C18H30F3IN4OS. The van der Waals surface area contributed by atoms with Gasteiger partial charge in [0.1, 0.15) is 0 Å². The zero-order chi connectivity index (χ0) is 19.5. The van der Waals surface area contributed by atoms with Crippen molar-refractivity contribution >= 4 is 41.3 Å². The van der Waals surface area contributed by atoms with Crippen molar-refractivity contribution in [3.8, 4) is 0 Å². The molecule has 0 aromatic carbocycles. The molecule has 28 heavy (non-hydrogen) atoms. The van der Waals surface area contributed by atoms with Crippen molar-refractivity contribution in [1.29, 1.82) is 0 Å². The van der Waals surface area contributed by atoms with E-state index >= 15 is 0 Å². The molecule has 0 saturated carbocycles. The number of unbranched alkanes of at least 4 members (excludes halogenated alkanes) is 1. The summed E-state index contributed by atoms with van der Waals surface area (Å²) in [4.78, 5) is 8.33. The highest BCUT2D eigenvalue weighted by molar-refractivity contribution is 14.0. The average molecular weight is 534 g/mol. The Hall–Kier alpha value is -0.590. The van der Waals surface area contributed by atoms with E-state index in [0.29, 0.717) is 32.0 Å². The van der Waals surface area contributed by atoms with Crippen molar-refractivity contribution in [3.63, 3.8) is 0 Å². The van der Waals surface area contributed by atoms with Crippen LogP contribution in [0.5, 0.6) is 0 Å². The molecule has 2 N–H and O–H groups in total. The number of alkyl halides is 3. The molecule has 2 heterocycles. The molecule has 0 radical (unpaired) electrons. The van der Waals surface area contributed by atoms with E-state index in [1.807, 2.05) is 13.0 Å². The molecule has 1 unspecified atom stereocenters. The van der Waals surface area contributed by atoms with Gasteiger partial charge in [-0.3, -0.25) is 9.89 Å². The van der Waals surface area contributed by atoms with Crippen LogP contribution in [0.4, 0.5) is 13.2 Å². The number of nitrogens with one attached hydrogen (secondary N) is 2. The fourth-order valence-corrected chi connectivity index (χ4v) is 3.78. The van der Waals surface area contributed by atoms with Gasteiger partial charge in [-0.25, -0.2) is 0 Å². The van der Waals surface area contributed by atoms with Gasteiger partial charge in [0, 0.05) is 37.5 Å². The number of thiophene rings is 1. The van der Waals surface area contributed by atoms with Crippen molar-refractivity contribution in [2.45, 2.75) is 38.4 Å². The van der Waals surface area contributed by atoms with Crippen LogP contribution in [0.3, 0.4) is 0 Å². The summed E-state index contributed by atoms with van der Waals surface area (Å²) < 4.78 is 42.1. The predicted octanol–water partition coefficient (Wildman–Crippen LogP) is 4.03. The maximum Gasteiger partial charge on any atom is 0.389 e. The Labute approximate surface area is 186 Å². The third kappa shape index (κ3) is 9.75. The summed E-state index contributed by atoms with van der Waals surface area (Å²) in [7, 11) is 0. The standard InChI is InChI=1S/C18H29F3N4OS.HI/c1-2-22-17(23-8-4-3-7-18(19,20)21)24-14-15(16-6-5-13-27-16)25-9-11-26-12-10-25;/h5-6,13,15H,2-4,7-12,14H2,1H3,(H2,22,23,24);1H. The summed E-state index contributed by atoms with van der Waals surface area (Å²) in [5.41, 5.74) is 0. The Morgan fingerprint density at radius 2 is 2.04 bits per heavy atom. The van der Waals surface area contributed by atoms with Gasteiger partial charge in [0.15, 0.2) is 5.96 Å². The van der Waals surface area contributed by atoms with Crippen LogP contribution in [0.1, 0.15) is 37.1 Å². The Morgan fingerprint density at radius 1 is 1.29 bits per heavy atom. The van der Waals surface area contributed by atoms with Gasteiger partial charge >= 0.3 is 6.18 Å². The molecule has 2 rings (SSSR count). The molecule has 1 atom stereocenters. The van der Waals surface area contributed by atoms with E-state index in [0.717, 1.165) is 26.3 Å². The summed E-state index contributed by atoms with van der Waals surface area (Å²) >= 11 is 1.72. The number of nitrogens with zero attached hydrogens (tertiary/aromatic N) is 2. The zero-order valence-electron chi connectivity index (χ0n) is 16.1. The molecule has 10 heteroatoms. The summed E-state index contributed by atoms with van der Waals surface area (Å²) in [6, 6.07) is 4.36. The molecule has 162 valence electrons. The van der Waals surface area contributed by atoms with Gasteiger partial charge in [0.05, 0.1) is 25.8 Å². The number of aliphatic imine (C=N–C) groups is 1. The number of morpholine rings is 1. The number of hydrogen-bond donors (Lipinski definition) is 2. The van der Waals surface area contributed by atoms with Crippen LogP contribution >= 0.6 is 35.3 Å². The van der Waals surface area contributed by atoms with Gasteiger partial charge in [-0.1, -0.05) is 6.07 Å². The summed E-state index contributed by atoms with van der Waals surface area (Å²) in [6.45, 7) is 6.95. The Bertz CT molecular complexity index is 552. The molecular weight excluding hydrogens is 504 g/mol. The van der Waals surface area contributed by atoms with Gasteiger partial charge in [0.2, 0.25) is 0 Å². The monoisotopic (exact) mass is 534 g/mol. The lowest BCUT2D eigenvalue weighted by atomic mass is 10.2. The fraction of sp³-hybridized carbons (Fsp3) is 0.722. The number of hydrogen-bond acceptors (Lipinski definition) is 4. The molecule has 5 nitrogen and oxygen atoms in total. The summed E-state index contributed by atoms with van der Waals surface area (Å²) in [6.07, 6.45) is -4.23. The smallest absolute Gasteiger partial charge is 0.379 e. The lowest BCUT2D eigenvalue weighted by Crippen LogP contribution is -2.41. The van der Waals surface area contributed by atoms with Crippen LogP contribution in [-0.2, 0) is 4.74 Å². The number of guanidine groups is 1. The Kier molecular flexibility index (Phi) is 12.4. The normalized spacial score (nSPS) is 17.1. The van der Waals surface area contributed by atoms with Gasteiger partial charge < -0.3 is 15.4 Å². The first kappa shape index (κ1) is 25.4. The van der Waals surface area contributed by atoms with E-state index in [1.165, 1.54) is 4.88 Å². The Balaban J connectivity index is 0.00000392. The first-order valence-corrected chi connectivity index (χ1v) is 10.3. The van der Waals surface area contributed by atoms with Gasteiger partial charge in [-0.15, -0.1) is 35.3 Å². The lowest BCUT2D eigenvalue weighted by Gasteiger charge is -2.33. The van der Waals surface area contributed by atoms with Gasteiger partial charge in [-0.2, -0.15) is 13.2 Å². The largest absolute Gasteiger partial charge is 0.389 e. The van der Waals surface area contributed by atoms with Crippen LogP contribution in [0.2, 0.25) is 0 Å². The van der Waals surface area contributed by atoms with Crippen LogP contribution in [-0.4, -0.2) is 63.0 Å². The van der Waals surface area contributed by atoms with E-state index in [2.05, 4.69) is 32.0 Å². The Morgan fingerprint density at radius 3 is 2.64 bits per heavy atom. The van der Waals surface area contributed by atoms with E-state index in [9.17, 15) is 13.2 Å². The van der Waals surface area contributed by atoms with E-state index in [1.54, 1.807) is 11.3 Å². The second-order valence-electron chi connectivity index (χ2n) is 6.40. The van der Waals surface area contributed by atoms with Crippen LogP contribution < -0.4 is 10.6 Å². The van der Waals surface area contributed by atoms with Crippen molar-refractivity contribution in [2.75, 3.05) is 45.9 Å². The topological polar surface area (TPSA) is 48.9 Å². The third-order valence-electron chi connectivity index (χ3n) is 4.30. The van der Waals surface area contributed by atoms with Crippen molar-refractivity contribution in [2.24, 2.45) is 4.99 Å². The van der Waals surface area contributed by atoms with Gasteiger partial charge in [-0.05, 0) is 31.2 Å². The molecule has 0 amide bonds. The average Bonchev–Trinajstić information content (AvgIpc) is 3.16. The first-order chi connectivity index (χ1) is 13.0. The minimum atomic E-state index is -4.08. The first-order valence-electron chi connectivity index (χ1n) is 9.43. The second kappa shape index (κ2) is 13.6. The van der Waals surface area contributed by atoms with E-state index in [-0.39, 0.29) is 36.4 Å². The van der Waals surface area contributed by atoms with E-state index < -0.39 is 12.6 Å². The minimum Gasteiger partial charge on any atom is -0.379 e. The lowest BCUT2D eigenvalue weighted by molar-refractivity contribution is -0.135. The number of halogens is 4. The number of rotatable bonds is 9. The van der Waals surface area contributed by atoms with Crippen molar-refractivity contribution in [3.05, 3.63) is 22.4 Å². The minimum absolute atomic E-state index is 0. The van der Waals surface area contributed by atoms with E-state index in [4.69, 9.17) is 4.74 Å². The van der Waals surface area contributed by atoms with Crippen LogP contribution in [0.25, 0.3) is 0 Å². The molecule has 1 aliphatic rings. The predicted molar refractivity (Wildman–Crippen MR) is 119 cm³/mol. The molecule has 0 aliphatic carbocycles. The highest BCUT2D eigenvalue weighted by Crippen LogP contribution is 2.26. The SMILES string of the molecule is CCNC(=NCC(c1cccs1)N1CCOCC1)NCCCCC(F)(F)F.I. The molecule has 0 bridgehead atoms. The van der Waals surface area contributed by atoms with Gasteiger partial charge in [0.25, 0.3) is 0 Å². The zero-order valence-corrected chi connectivity index (χ0v) is 19.3. The van der Waals surface area contributed by atoms with Crippen LogP contribution in [0, 0.1) is 0 Å². The molecule has 0 spiro atoms. The molecule has 1 fully saturated rings. The highest BCUT2D eigenvalue weighted by Gasteiger charge is 2.26. The molecule has 1 aliphatic heterocycles. The molecule has 1 aromatic heterocycles. The fourth-order valence-electron chi connectivity index (χ4n) is 2.93.